The molecular weight excluding hydrogens is 248 g/mol. The van der Waals surface area contributed by atoms with E-state index in [0.29, 0.717) is 12.3 Å². The van der Waals surface area contributed by atoms with Gasteiger partial charge in [-0.15, -0.1) is 0 Å². The molecule has 0 spiro atoms. The number of nitrogens with zero attached hydrogens (tertiary/aromatic N) is 1. The van der Waals surface area contributed by atoms with Gasteiger partial charge in [-0.25, -0.2) is 4.79 Å². The maximum absolute atomic E-state index is 12.1. The van der Waals surface area contributed by atoms with Crippen LogP contribution < -0.4 is 5.32 Å². The second-order valence-corrected chi connectivity index (χ2v) is 5.52. The number of hydrogen-bond acceptors (Lipinski definition) is 4. The van der Waals surface area contributed by atoms with Crippen molar-refractivity contribution in [2.75, 3.05) is 19.6 Å². The van der Waals surface area contributed by atoms with E-state index in [4.69, 9.17) is 5.11 Å². The van der Waals surface area contributed by atoms with E-state index < -0.39 is 18.1 Å². The topological polar surface area (TPSA) is 89.9 Å². The number of piperidine rings is 1. The van der Waals surface area contributed by atoms with Crippen LogP contribution in [0.3, 0.4) is 0 Å². The summed E-state index contributed by atoms with van der Waals surface area (Å²) >= 11 is 0. The SMILES string of the molecule is O=C(O)[C@@H]1C[C@@H](O)CN1C(=O)CCC1CCNCC1. The predicted molar refractivity (Wildman–Crippen MR) is 68.6 cm³/mol. The molecule has 108 valence electrons. The van der Waals surface area contributed by atoms with Gasteiger partial charge in [-0.1, -0.05) is 0 Å². The number of aliphatic hydroxyl groups is 1. The van der Waals surface area contributed by atoms with Gasteiger partial charge in [0.15, 0.2) is 0 Å². The molecule has 2 saturated heterocycles. The van der Waals surface area contributed by atoms with Crippen LogP contribution in [0.1, 0.15) is 32.1 Å². The highest BCUT2D eigenvalue weighted by Gasteiger charge is 2.38. The van der Waals surface area contributed by atoms with Crippen molar-refractivity contribution in [3.63, 3.8) is 0 Å². The van der Waals surface area contributed by atoms with Crippen LogP contribution >= 0.6 is 0 Å². The maximum Gasteiger partial charge on any atom is 0.326 e. The maximum atomic E-state index is 12.1. The third-order valence-electron chi connectivity index (χ3n) is 4.11. The van der Waals surface area contributed by atoms with Gasteiger partial charge < -0.3 is 20.4 Å². The van der Waals surface area contributed by atoms with Crippen LogP contribution in [-0.2, 0) is 9.59 Å². The monoisotopic (exact) mass is 270 g/mol. The molecule has 19 heavy (non-hydrogen) atoms. The molecule has 0 unspecified atom stereocenters. The minimum atomic E-state index is -1.02. The molecule has 1 amide bonds. The Balaban J connectivity index is 1.82. The summed E-state index contributed by atoms with van der Waals surface area (Å²) in [6.07, 6.45) is 2.81. The van der Waals surface area contributed by atoms with Gasteiger partial charge in [0.25, 0.3) is 0 Å². The number of amides is 1. The Morgan fingerprint density at radius 1 is 1.26 bits per heavy atom. The molecule has 0 aliphatic carbocycles. The van der Waals surface area contributed by atoms with Gasteiger partial charge in [0.1, 0.15) is 6.04 Å². The zero-order valence-corrected chi connectivity index (χ0v) is 11.0. The summed E-state index contributed by atoms with van der Waals surface area (Å²) in [5, 5.41) is 21.9. The van der Waals surface area contributed by atoms with Crippen molar-refractivity contribution in [1.29, 1.82) is 0 Å². The smallest absolute Gasteiger partial charge is 0.326 e. The number of aliphatic carboxylic acids is 1. The Morgan fingerprint density at radius 2 is 1.95 bits per heavy atom. The van der Waals surface area contributed by atoms with Crippen LogP contribution in [-0.4, -0.2) is 58.8 Å². The average molecular weight is 270 g/mol. The summed E-state index contributed by atoms with van der Waals surface area (Å²) in [5.41, 5.74) is 0. The minimum Gasteiger partial charge on any atom is -0.480 e. The van der Waals surface area contributed by atoms with Gasteiger partial charge >= 0.3 is 5.97 Å². The quantitative estimate of drug-likeness (QED) is 0.659. The molecule has 2 fully saturated rings. The molecule has 6 heteroatoms. The van der Waals surface area contributed by atoms with Crippen molar-refractivity contribution in [3.05, 3.63) is 0 Å². The van der Waals surface area contributed by atoms with Crippen molar-refractivity contribution < 1.29 is 19.8 Å². The first kappa shape index (κ1) is 14.3. The van der Waals surface area contributed by atoms with E-state index in [2.05, 4.69) is 5.32 Å². The molecule has 0 aromatic carbocycles. The van der Waals surface area contributed by atoms with Crippen molar-refractivity contribution in [3.8, 4) is 0 Å². The van der Waals surface area contributed by atoms with Crippen LogP contribution in [0.25, 0.3) is 0 Å². The number of nitrogens with one attached hydrogen (secondary N) is 1. The molecule has 3 N–H and O–H groups in total. The summed E-state index contributed by atoms with van der Waals surface area (Å²) in [6, 6.07) is -0.851. The van der Waals surface area contributed by atoms with Crippen LogP contribution in [0.4, 0.5) is 0 Å². The van der Waals surface area contributed by atoms with Crippen LogP contribution in [0.5, 0.6) is 0 Å². The van der Waals surface area contributed by atoms with E-state index in [-0.39, 0.29) is 18.9 Å². The number of likely N-dealkylation sites (tertiary alicyclic amines) is 1. The number of carbonyl (C=O) groups excluding carboxylic acids is 1. The van der Waals surface area contributed by atoms with E-state index in [1.807, 2.05) is 0 Å². The lowest BCUT2D eigenvalue weighted by molar-refractivity contribution is -0.148. The van der Waals surface area contributed by atoms with Gasteiger partial charge in [0, 0.05) is 19.4 Å². The number of hydrogen-bond donors (Lipinski definition) is 3. The molecule has 0 aromatic heterocycles. The lowest BCUT2D eigenvalue weighted by Gasteiger charge is -2.25. The summed E-state index contributed by atoms with van der Waals surface area (Å²) in [5.74, 6) is -0.602. The first-order valence-electron chi connectivity index (χ1n) is 6.99. The fourth-order valence-corrected chi connectivity index (χ4v) is 2.97. The molecule has 2 rings (SSSR count). The average Bonchev–Trinajstić information content (AvgIpc) is 2.79. The molecule has 2 heterocycles. The van der Waals surface area contributed by atoms with E-state index in [1.165, 1.54) is 4.90 Å². The normalized spacial score (nSPS) is 28.6. The Bertz CT molecular complexity index is 342. The molecule has 2 aliphatic rings. The molecule has 2 atom stereocenters. The van der Waals surface area contributed by atoms with Crippen molar-refractivity contribution in [1.82, 2.24) is 10.2 Å². The molecule has 0 radical (unpaired) electrons. The third-order valence-corrected chi connectivity index (χ3v) is 4.11. The van der Waals surface area contributed by atoms with E-state index in [1.54, 1.807) is 0 Å². The lowest BCUT2D eigenvalue weighted by Crippen LogP contribution is -2.40. The second kappa shape index (κ2) is 6.34. The van der Waals surface area contributed by atoms with Gasteiger partial charge in [-0.05, 0) is 38.3 Å². The Morgan fingerprint density at radius 3 is 2.58 bits per heavy atom. The fraction of sp³-hybridized carbons (Fsp3) is 0.846. The van der Waals surface area contributed by atoms with Gasteiger partial charge in [-0.3, -0.25) is 4.79 Å². The fourth-order valence-electron chi connectivity index (χ4n) is 2.97. The first-order valence-corrected chi connectivity index (χ1v) is 6.99. The van der Waals surface area contributed by atoms with Crippen molar-refractivity contribution in [2.45, 2.75) is 44.2 Å². The van der Waals surface area contributed by atoms with E-state index in [9.17, 15) is 14.7 Å². The number of β-amino-alcohol motifs (C(OH)–C–C–N with tert-alkyl or cyclic N) is 1. The van der Waals surface area contributed by atoms with Crippen LogP contribution in [0.2, 0.25) is 0 Å². The molecular formula is C13H22N2O4. The van der Waals surface area contributed by atoms with E-state index >= 15 is 0 Å². The van der Waals surface area contributed by atoms with Crippen molar-refractivity contribution >= 4 is 11.9 Å². The second-order valence-electron chi connectivity index (χ2n) is 5.52. The minimum absolute atomic E-state index is 0.137. The molecule has 2 aliphatic heterocycles. The third kappa shape index (κ3) is 3.67. The lowest BCUT2D eigenvalue weighted by atomic mass is 9.93. The van der Waals surface area contributed by atoms with Gasteiger partial charge in [0.05, 0.1) is 6.10 Å². The highest BCUT2D eigenvalue weighted by Crippen LogP contribution is 2.22. The summed E-state index contributed by atoms with van der Waals surface area (Å²) in [7, 11) is 0. The zero-order valence-electron chi connectivity index (χ0n) is 11.0. The Hall–Kier alpha value is -1.14. The highest BCUT2D eigenvalue weighted by atomic mass is 16.4. The number of carbonyl (C=O) groups is 2. The van der Waals surface area contributed by atoms with Crippen molar-refractivity contribution in [2.24, 2.45) is 5.92 Å². The zero-order chi connectivity index (χ0) is 13.8. The van der Waals surface area contributed by atoms with E-state index in [0.717, 1.165) is 32.4 Å². The molecule has 6 nitrogen and oxygen atoms in total. The van der Waals surface area contributed by atoms with Gasteiger partial charge in [0.2, 0.25) is 5.91 Å². The molecule has 0 saturated carbocycles. The summed E-state index contributed by atoms with van der Waals surface area (Å²) in [6.45, 7) is 2.15. The Labute approximate surface area is 112 Å². The number of carboxylic acid groups (broad SMARTS) is 1. The summed E-state index contributed by atoms with van der Waals surface area (Å²) < 4.78 is 0. The predicted octanol–water partition coefficient (Wildman–Crippen LogP) is -0.187. The molecule has 0 bridgehead atoms. The van der Waals surface area contributed by atoms with Crippen LogP contribution in [0, 0.1) is 5.92 Å². The van der Waals surface area contributed by atoms with Gasteiger partial charge in [-0.2, -0.15) is 0 Å². The molecule has 0 aromatic rings. The summed E-state index contributed by atoms with van der Waals surface area (Å²) in [4.78, 5) is 24.5. The largest absolute Gasteiger partial charge is 0.480 e. The number of carboxylic acids is 1. The Kier molecular flexibility index (Phi) is 4.76. The standard InChI is InChI=1S/C13H22N2O4/c16-10-7-11(13(18)19)15(8-10)12(17)2-1-9-3-5-14-6-4-9/h9-11,14,16H,1-8H2,(H,18,19)/t10-,11+/m1/s1. The number of aliphatic hydroxyl groups excluding tert-OH is 1. The van der Waals surface area contributed by atoms with Crippen LogP contribution in [0.15, 0.2) is 0 Å². The number of rotatable bonds is 4. The first-order chi connectivity index (χ1) is 9.08. The highest BCUT2D eigenvalue weighted by molar-refractivity contribution is 5.84.